The molecule has 0 aliphatic carbocycles. The minimum absolute atomic E-state index is 0.392. The van der Waals surface area contributed by atoms with Crippen LogP contribution < -0.4 is 19.8 Å². The summed E-state index contributed by atoms with van der Waals surface area (Å²) in [5.74, 6) is 2.62. The SMILES string of the molecule is COc1ccc(COc2ccc3oc(=O)cc(-c4cc5cccc(OC)c5o4)c3c2)cc1. The van der Waals surface area contributed by atoms with E-state index >= 15 is 0 Å². The molecule has 160 valence electrons. The second-order valence-electron chi connectivity index (χ2n) is 7.26. The van der Waals surface area contributed by atoms with Crippen molar-refractivity contribution in [3.8, 4) is 28.6 Å². The average molecular weight is 428 g/mol. The molecule has 0 saturated carbocycles. The summed E-state index contributed by atoms with van der Waals surface area (Å²) in [5.41, 5.74) is 2.27. The Morgan fingerprint density at radius 1 is 0.812 bits per heavy atom. The molecule has 0 aliphatic heterocycles. The predicted molar refractivity (Wildman–Crippen MR) is 122 cm³/mol. The Morgan fingerprint density at radius 2 is 1.62 bits per heavy atom. The van der Waals surface area contributed by atoms with E-state index in [1.807, 2.05) is 54.6 Å². The first kappa shape index (κ1) is 19.8. The van der Waals surface area contributed by atoms with E-state index in [1.54, 1.807) is 26.4 Å². The van der Waals surface area contributed by atoms with Crippen molar-refractivity contribution in [2.75, 3.05) is 14.2 Å². The molecular weight excluding hydrogens is 408 g/mol. The van der Waals surface area contributed by atoms with E-state index in [2.05, 4.69) is 0 Å². The van der Waals surface area contributed by atoms with E-state index in [0.29, 0.717) is 40.6 Å². The summed E-state index contributed by atoms with van der Waals surface area (Å²) in [6, 6.07) is 22.0. The lowest BCUT2D eigenvalue weighted by atomic mass is 10.1. The number of furan rings is 1. The number of para-hydroxylation sites is 1. The highest BCUT2D eigenvalue weighted by Crippen LogP contribution is 2.36. The number of fused-ring (bicyclic) bond motifs is 2. The average Bonchev–Trinajstić information content (AvgIpc) is 3.27. The van der Waals surface area contributed by atoms with Gasteiger partial charge in [-0.2, -0.15) is 0 Å². The van der Waals surface area contributed by atoms with Crippen molar-refractivity contribution < 1.29 is 23.0 Å². The Morgan fingerprint density at radius 3 is 2.41 bits per heavy atom. The molecule has 2 aromatic heterocycles. The van der Waals surface area contributed by atoms with Gasteiger partial charge in [-0.3, -0.25) is 0 Å². The zero-order valence-electron chi connectivity index (χ0n) is 17.6. The topological polar surface area (TPSA) is 71.0 Å². The minimum atomic E-state index is -0.452. The minimum Gasteiger partial charge on any atom is -0.497 e. The van der Waals surface area contributed by atoms with Crippen LogP contribution in [0.1, 0.15) is 5.56 Å². The largest absolute Gasteiger partial charge is 0.497 e. The van der Waals surface area contributed by atoms with Crippen LogP contribution in [0.25, 0.3) is 33.3 Å². The molecule has 0 N–H and O–H groups in total. The van der Waals surface area contributed by atoms with Gasteiger partial charge in [-0.05, 0) is 48.0 Å². The molecule has 0 aliphatic rings. The third-order valence-electron chi connectivity index (χ3n) is 5.27. The molecule has 3 aromatic carbocycles. The molecule has 0 amide bonds. The summed E-state index contributed by atoms with van der Waals surface area (Å²) in [7, 11) is 3.23. The Hall–Kier alpha value is -4.19. The molecule has 0 fully saturated rings. The Bertz CT molecular complexity index is 1460. The normalized spacial score (nSPS) is 11.1. The quantitative estimate of drug-likeness (QED) is 0.318. The maximum absolute atomic E-state index is 12.2. The Labute approximate surface area is 183 Å². The number of hydrogen-bond donors (Lipinski definition) is 0. The molecule has 6 heteroatoms. The highest BCUT2D eigenvalue weighted by atomic mass is 16.5. The third-order valence-corrected chi connectivity index (χ3v) is 5.27. The van der Waals surface area contributed by atoms with Crippen LogP contribution in [0.2, 0.25) is 0 Å². The highest BCUT2D eigenvalue weighted by Gasteiger charge is 2.15. The number of ether oxygens (including phenoxy) is 3. The van der Waals surface area contributed by atoms with Gasteiger partial charge in [0.25, 0.3) is 0 Å². The van der Waals surface area contributed by atoms with Crippen LogP contribution in [-0.4, -0.2) is 14.2 Å². The molecule has 2 heterocycles. The third kappa shape index (κ3) is 3.67. The molecule has 0 atom stereocenters. The standard InChI is InChI=1S/C26H20O6/c1-28-18-8-6-16(7-9-18)15-30-19-10-11-22-20(13-19)21(14-25(27)31-22)24-12-17-4-3-5-23(29-2)26(17)32-24/h3-14H,15H2,1-2H3. The lowest BCUT2D eigenvalue weighted by Gasteiger charge is -2.09. The highest BCUT2D eigenvalue weighted by molar-refractivity contribution is 5.96. The van der Waals surface area contributed by atoms with E-state index in [9.17, 15) is 4.79 Å². The monoisotopic (exact) mass is 428 g/mol. The number of hydrogen-bond acceptors (Lipinski definition) is 6. The maximum atomic E-state index is 12.2. The lowest BCUT2D eigenvalue weighted by Crippen LogP contribution is -1.99. The summed E-state index contributed by atoms with van der Waals surface area (Å²) < 4.78 is 28.0. The van der Waals surface area contributed by atoms with Gasteiger partial charge >= 0.3 is 5.63 Å². The van der Waals surface area contributed by atoms with Crippen LogP contribution in [0, 0.1) is 0 Å². The van der Waals surface area contributed by atoms with Crippen molar-refractivity contribution in [3.05, 3.63) is 88.8 Å². The Kier molecular flexibility index (Phi) is 5.03. The summed E-state index contributed by atoms with van der Waals surface area (Å²) in [6.07, 6.45) is 0. The van der Waals surface area contributed by atoms with Crippen molar-refractivity contribution in [1.82, 2.24) is 0 Å². The lowest BCUT2D eigenvalue weighted by molar-refractivity contribution is 0.306. The number of methoxy groups -OCH3 is 2. The van der Waals surface area contributed by atoms with Crippen molar-refractivity contribution >= 4 is 21.9 Å². The van der Waals surface area contributed by atoms with Crippen LogP contribution >= 0.6 is 0 Å². The van der Waals surface area contributed by atoms with Gasteiger partial charge in [0.2, 0.25) is 0 Å². The van der Waals surface area contributed by atoms with E-state index in [-0.39, 0.29) is 0 Å². The molecular formula is C26H20O6. The first-order chi connectivity index (χ1) is 15.6. The second-order valence-corrected chi connectivity index (χ2v) is 7.26. The zero-order chi connectivity index (χ0) is 22.1. The van der Waals surface area contributed by atoms with Crippen LogP contribution in [0.3, 0.4) is 0 Å². The Balaban J connectivity index is 1.53. The van der Waals surface area contributed by atoms with Gasteiger partial charge in [0.15, 0.2) is 11.3 Å². The number of benzene rings is 3. The van der Waals surface area contributed by atoms with E-state index in [4.69, 9.17) is 23.0 Å². The van der Waals surface area contributed by atoms with Gasteiger partial charge in [0.05, 0.1) is 14.2 Å². The fraction of sp³-hybridized carbons (Fsp3) is 0.115. The summed E-state index contributed by atoms with van der Waals surface area (Å²) in [4.78, 5) is 12.2. The van der Waals surface area contributed by atoms with E-state index < -0.39 is 5.63 Å². The van der Waals surface area contributed by atoms with Gasteiger partial charge in [0, 0.05) is 22.4 Å². The van der Waals surface area contributed by atoms with E-state index in [0.717, 1.165) is 22.1 Å². The zero-order valence-corrected chi connectivity index (χ0v) is 17.6. The van der Waals surface area contributed by atoms with Crippen molar-refractivity contribution in [2.24, 2.45) is 0 Å². The van der Waals surface area contributed by atoms with Gasteiger partial charge in [-0.15, -0.1) is 0 Å². The molecule has 6 nitrogen and oxygen atoms in total. The van der Waals surface area contributed by atoms with E-state index in [1.165, 1.54) is 6.07 Å². The van der Waals surface area contributed by atoms with Gasteiger partial charge in [-0.25, -0.2) is 4.79 Å². The number of rotatable bonds is 6. The molecule has 5 aromatic rings. The van der Waals surface area contributed by atoms with Crippen molar-refractivity contribution in [3.63, 3.8) is 0 Å². The smallest absolute Gasteiger partial charge is 0.336 e. The molecule has 0 radical (unpaired) electrons. The molecule has 0 spiro atoms. The summed E-state index contributed by atoms with van der Waals surface area (Å²) >= 11 is 0. The fourth-order valence-electron chi connectivity index (χ4n) is 3.65. The van der Waals surface area contributed by atoms with Gasteiger partial charge < -0.3 is 23.0 Å². The van der Waals surface area contributed by atoms with Crippen molar-refractivity contribution in [2.45, 2.75) is 6.61 Å². The van der Waals surface area contributed by atoms with Crippen molar-refractivity contribution in [1.29, 1.82) is 0 Å². The molecule has 0 unspecified atom stereocenters. The molecule has 0 bridgehead atoms. The second kappa shape index (κ2) is 8.15. The molecule has 0 saturated heterocycles. The predicted octanol–water partition coefficient (Wildman–Crippen LogP) is 5.80. The van der Waals surface area contributed by atoms with Gasteiger partial charge in [-0.1, -0.05) is 24.3 Å². The first-order valence-corrected chi connectivity index (χ1v) is 10.0. The molecule has 32 heavy (non-hydrogen) atoms. The van der Waals surface area contributed by atoms with Crippen LogP contribution in [0.15, 0.2) is 86.4 Å². The first-order valence-electron chi connectivity index (χ1n) is 10.0. The summed E-state index contributed by atoms with van der Waals surface area (Å²) in [6.45, 7) is 0.392. The summed E-state index contributed by atoms with van der Waals surface area (Å²) in [5, 5.41) is 1.60. The van der Waals surface area contributed by atoms with Crippen LogP contribution in [-0.2, 0) is 6.61 Å². The van der Waals surface area contributed by atoms with Crippen LogP contribution in [0.5, 0.6) is 17.2 Å². The fourth-order valence-corrected chi connectivity index (χ4v) is 3.65. The van der Waals surface area contributed by atoms with Crippen LogP contribution in [0.4, 0.5) is 0 Å². The molecule has 5 rings (SSSR count). The van der Waals surface area contributed by atoms with Gasteiger partial charge in [0.1, 0.15) is 29.4 Å². The maximum Gasteiger partial charge on any atom is 0.336 e.